The van der Waals surface area contributed by atoms with Crippen molar-refractivity contribution in [1.29, 1.82) is 0 Å². The number of aryl methyl sites for hydroxylation is 1. The Balaban J connectivity index is 2.16. The van der Waals surface area contributed by atoms with Crippen LogP contribution in [-0.4, -0.2) is 42.7 Å². The van der Waals surface area contributed by atoms with E-state index in [-0.39, 0.29) is 9.64 Å². The van der Waals surface area contributed by atoms with Gasteiger partial charge in [0.2, 0.25) is 10.0 Å². The average Bonchev–Trinajstić information content (AvgIpc) is 2.96. The molecule has 0 saturated carbocycles. The lowest BCUT2D eigenvalue weighted by molar-refractivity contribution is 0.551. The number of nitrogens with one attached hydrogen (secondary N) is 3. The summed E-state index contributed by atoms with van der Waals surface area (Å²) in [6.07, 6.45) is 2.20. The summed E-state index contributed by atoms with van der Waals surface area (Å²) < 4.78 is 27.8. The first-order valence-electron chi connectivity index (χ1n) is 6.70. The maximum absolute atomic E-state index is 12.5. The van der Waals surface area contributed by atoms with E-state index in [2.05, 4.69) is 27.2 Å². The van der Waals surface area contributed by atoms with Crippen LogP contribution in [0.15, 0.2) is 4.90 Å². The van der Waals surface area contributed by atoms with Crippen molar-refractivity contribution in [2.75, 3.05) is 19.3 Å². The lowest BCUT2D eigenvalue weighted by Gasteiger charge is -2.22. The van der Waals surface area contributed by atoms with E-state index in [0.717, 1.165) is 18.6 Å². The van der Waals surface area contributed by atoms with Crippen LogP contribution in [0.4, 0.5) is 0 Å². The molecule has 0 aromatic carbocycles. The minimum Gasteiger partial charge on any atom is -0.314 e. The molecule has 114 valence electrons. The highest BCUT2D eigenvalue weighted by molar-refractivity contribution is 8.01. The topological polar surface area (TPSA) is 86.9 Å². The van der Waals surface area contributed by atoms with Gasteiger partial charge in [0.05, 0.1) is 11.4 Å². The second-order valence-corrected chi connectivity index (χ2v) is 8.77. The van der Waals surface area contributed by atoms with Gasteiger partial charge in [0.25, 0.3) is 0 Å². The maximum Gasteiger partial charge on any atom is 0.244 e. The molecule has 0 amide bonds. The molecule has 1 aromatic heterocycles. The van der Waals surface area contributed by atoms with Gasteiger partial charge in [-0.2, -0.15) is 16.9 Å². The van der Waals surface area contributed by atoms with Gasteiger partial charge < -0.3 is 5.32 Å². The van der Waals surface area contributed by atoms with Crippen LogP contribution in [0.2, 0.25) is 0 Å². The van der Waals surface area contributed by atoms with Crippen molar-refractivity contribution in [2.45, 2.75) is 42.9 Å². The summed E-state index contributed by atoms with van der Waals surface area (Å²) in [6.45, 7) is 4.73. The molecule has 8 heteroatoms. The van der Waals surface area contributed by atoms with Crippen molar-refractivity contribution >= 4 is 21.8 Å². The molecule has 2 rings (SSSR count). The lowest BCUT2D eigenvalue weighted by Crippen LogP contribution is -2.37. The van der Waals surface area contributed by atoms with Crippen LogP contribution >= 0.6 is 11.8 Å². The predicted octanol–water partition coefficient (Wildman–Crippen LogP) is 1.00. The highest BCUT2D eigenvalue weighted by atomic mass is 32.2. The second-order valence-electron chi connectivity index (χ2n) is 5.38. The molecule has 1 atom stereocenters. The van der Waals surface area contributed by atoms with E-state index >= 15 is 0 Å². The summed E-state index contributed by atoms with van der Waals surface area (Å²) in [7, 11) is -1.76. The Morgan fingerprint density at radius 1 is 1.50 bits per heavy atom. The third-order valence-corrected chi connectivity index (χ3v) is 6.65. The van der Waals surface area contributed by atoms with Gasteiger partial charge in [-0.05, 0) is 39.5 Å². The van der Waals surface area contributed by atoms with Crippen LogP contribution in [-0.2, 0) is 16.6 Å². The Bertz CT molecular complexity index is 562. The summed E-state index contributed by atoms with van der Waals surface area (Å²) in [5, 5.41) is 9.74. The third-order valence-electron chi connectivity index (χ3n) is 3.51. The first kappa shape index (κ1) is 15.8. The third kappa shape index (κ3) is 3.36. The van der Waals surface area contributed by atoms with Gasteiger partial charge in [-0.3, -0.25) is 5.10 Å². The lowest BCUT2D eigenvalue weighted by atomic mass is 10.1. The molecule has 2 heterocycles. The van der Waals surface area contributed by atoms with Crippen molar-refractivity contribution in [1.82, 2.24) is 20.2 Å². The van der Waals surface area contributed by atoms with Crippen molar-refractivity contribution in [3.63, 3.8) is 0 Å². The molecule has 0 bridgehead atoms. The number of sulfonamides is 1. The molecule has 0 radical (unpaired) electrons. The van der Waals surface area contributed by atoms with E-state index in [1.165, 1.54) is 0 Å². The standard InChI is InChI=1S/C12H22N4O2S2/c1-9-11(10(7-13-3)16-15-9)20(17,18)14-8-12(2)5-4-6-19-12/h13-14H,4-8H2,1-3H3,(H,15,16). The molecule has 1 unspecified atom stereocenters. The molecule has 1 aliphatic heterocycles. The summed E-state index contributed by atoms with van der Waals surface area (Å²) in [4.78, 5) is 0.276. The number of aromatic amines is 1. The van der Waals surface area contributed by atoms with Crippen LogP contribution in [0.25, 0.3) is 0 Å². The first-order valence-corrected chi connectivity index (χ1v) is 9.17. The summed E-state index contributed by atoms with van der Waals surface area (Å²) in [5.41, 5.74) is 1.11. The Morgan fingerprint density at radius 2 is 2.25 bits per heavy atom. The predicted molar refractivity (Wildman–Crippen MR) is 81.4 cm³/mol. The van der Waals surface area contributed by atoms with Crippen molar-refractivity contribution < 1.29 is 8.42 Å². The highest BCUT2D eigenvalue weighted by Crippen LogP contribution is 2.37. The fraction of sp³-hybridized carbons (Fsp3) is 0.750. The summed E-state index contributed by atoms with van der Waals surface area (Å²) in [6, 6.07) is 0. The second kappa shape index (κ2) is 6.05. The van der Waals surface area contributed by atoms with E-state index in [0.29, 0.717) is 24.5 Å². The molecule has 1 saturated heterocycles. The molecule has 20 heavy (non-hydrogen) atoms. The number of nitrogens with zero attached hydrogens (tertiary/aromatic N) is 1. The van der Waals surface area contributed by atoms with E-state index in [9.17, 15) is 8.42 Å². The average molecular weight is 318 g/mol. The van der Waals surface area contributed by atoms with Gasteiger partial charge in [-0.1, -0.05) is 0 Å². The zero-order valence-corrected chi connectivity index (χ0v) is 13.7. The Morgan fingerprint density at radius 3 is 2.85 bits per heavy atom. The molecule has 1 aliphatic rings. The normalized spacial score (nSPS) is 23.4. The number of H-pyrrole nitrogens is 1. The monoisotopic (exact) mass is 318 g/mol. The van der Waals surface area contributed by atoms with Gasteiger partial charge in [0, 0.05) is 17.8 Å². The first-order chi connectivity index (χ1) is 9.38. The van der Waals surface area contributed by atoms with Crippen LogP contribution in [0, 0.1) is 6.92 Å². The van der Waals surface area contributed by atoms with Crippen LogP contribution in [0.5, 0.6) is 0 Å². The quantitative estimate of drug-likeness (QED) is 0.728. The highest BCUT2D eigenvalue weighted by Gasteiger charge is 2.32. The molecule has 0 spiro atoms. The van der Waals surface area contributed by atoms with Gasteiger partial charge in [-0.15, -0.1) is 0 Å². The fourth-order valence-electron chi connectivity index (χ4n) is 2.41. The molecular formula is C12H22N4O2S2. The van der Waals surface area contributed by atoms with Gasteiger partial charge in [-0.25, -0.2) is 13.1 Å². The zero-order chi connectivity index (χ0) is 14.8. The molecular weight excluding hydrogens is 296 g/mol. The largest absolute Gasteiger partial charge is 0.314 e. The SMILES string of the molecule is CNCc1n[nH]c(C)c1S(=O)(=O)NCC1(C)CCCS1. The molecule has 0 aliphatic carbocycles. The number of hydrogen-bond acceptors (Lipinski definition) is 5. The van der Waals surface area contributed by atoms with Crippen LogP contribution < -0.4 is 10.0 Å². The van der Waals surface area contributed by atoms with Gasteiger partial charge in [0.1, 0.15) is 4.90 Å². The Kier molecular flexibility index (Phi) is 4.78. The van der Waals surface area contributed by atoms with Crippen molar-refractivity contribution in [3.05, 3.63) is 11.4 Å². The van der Waals surface area contributed by atoms with Crippen LogP contribution in [0.1, 0.15) is 31.2 Å². The van der Waals surface area contributed by atoms with E-state index in [4.69, 9.17) is 0 Å². The molecule has 6 nitrogen and oxygen atoms in total. The Hall–Kier alpha value is -0.570. The minimum absolute atomic E-state index is 0.00782. The van der Waals surface area contributed by atoms with E-state index in [1.54, 1.807) is 14.0 Å². The van der Waals surface area contributed by atoms with E-state index < -0.39 is 10.0 Å². The van der Waals surface area contributed by atoms with Crippen molar-refractivity contribution in [3.8, 4) is 0 Å². The Labute approximate surface area is 124 Å². The number of thioether (sulfide) groups is 1. The fourth-order valence-corrected chi connectivity index (χ4v) is 5.27. The number of aromatic nitrogens is 2. The molecule has 1 fully saturated rings. The number of rotatable bonds is 6. The molecule has 1 aromatic rings. The maximum atomic E-state index is 12.5. The van der Waals surface area contributed by atoms with Gasteiger partial charge in [0.15, 0.2) is 0 Å². The molecule has 3 N–H and O–H groups in total. The summed E-state index contributed by atoms with van der Waals surface area (Å²) >= 11 is 1.84. The van der Waals surface area contributed by atoms with Crippen LogP contribution in [0.3, 0.4) is 0 Å². The van der Waals surface area contributed by atoms with E-state index in [1.807, 2.05) is 11.8 Å². The van der Waals surface area contributed by atoms with Gasteiger partial charge >= 0.3 is 0 Å². The minimum atomic E-state index is -3.52. The number of hydrogen-bond donors (Lipinski definition) is 3. The zero-order valence-electron chi connectivity index (χ0n) is 12.1. The smallest absolute Gasteiger partial charge is 0.244 e. The summed E-state index contributed by atoms with van der Waals surface area (Å²) in [5.74, 6) is 1.11. The van der Waals surface area contributed by atoms with Crippen molar-refractivity contribution in [2.24, 2.45) is 0 Å².